The quantitative estimate of drug-likeness (QED) is 0.153. The highest BCUT2D eigenvalue weighted by Gasteiger charge is 2.34. The molecule has 0 aliphatic rings. The van der Waals surface area contributed by atoms with Gasteiger partial charge in [0.1, 0.15) is 0 Å². The number of nitriles is 1. The van der Waals surface area contributed by atoms with E-state index in [2.05, 4.69) is 35.5 Å². The third kappa shape index (κ3) is 9.90. The van der Waals surface area contributed by atoms with Gasteiger partial charge in [-0.15, -0.1) is 0 Å². The summed E-state index contributed by atoms with van der Waals surface area (Å²) in [5.74, 6) is 0.0384. The van der Waals surface area contributed by atoms with Crippen LogP contribution in [0.15, 0.2) is 85.3 Å². The molecule has 0 aliphatic heterocycles. The number of thiocarbonyl (C=S) groups is 1. The molecule has 2 N–H and O–H groups in total. The predicted molar refractivity (Wildman–Crippen MR) is 182 cm³/mol. The lowest BCUT2D eigenvalue weighted by atomic mass is 10.0. The number of benzene rings is 3. The number of anilines is 1. The number of hydrogen-bond acceptors (Lipinski definition) is 4. The van der Waals surface area contributed by atoms with Gasteiger partial charge in [0.2, 0.25) is 5.91 Å². The van der Waals surface area contributed by atoms with E-state index in [-0.39, 0.29) is 42.0 Å². The lowest BCUT2D eigenvalue weighted by Gasteiger charge is -2.33. The van der Waals surface area contributed by atoms with Gasteiger partial charge >= 0.3 is 6.18 Å². The molecule has 3 aromatic carbocycles. The molecule has 0 saturated carbocycles. The summed E-state index contributed by atoms with van der Waals surface area (Å²) in [5, 5.41) is 15.6. The van der Waals surface area contributed by atoms with E-state index < -0.39 is 17.8 Å². The average Bonchev–Trinajstić information content (AvgIpc) is 3.46. The Bertz CT molecular complexity index is 1690. The van der Waals surface area contributed by atoms with Crippen LogP contribution in [0, 0.1) is 17.2 Å². The minimum atomic E-state index is -4.53. The first-order valence-electron chi connectivity index (χ1n) is 15.4. The van der Waals surface area contributed by atoms with Gasteiger partial charge in [-0.05, 0) is 71.1 Å². The van der Waals surface area contributed by atoms with E-state index in [1.807, 2.05) is 54.8 Å². The Morgan fingerprint density at radius 3 is 2.32 bits per heavy atom. The fraction of sp³-hybridized carbons (Fsp3) is 0.333. The number of rotatable bonds is 12. The molecule has 4 rings (SSSR count). The van der Waals surface area contributed by atoms with Crippen molar-refractivity contribution in [1.82, 2.24) is 19.8 Å². The van der Waals surface area contributed by atoms with Gasteiger partial charge in [0, 0.05) is 43.3 Å². The summed E-state index contributed by atoms with van der Waals surface area (Å²) in [4.78, 5) is 19.3. The predicted octanol–water partition coefficient (Wildman–Crippen LogP) is 7.53. The van der Waals surface area contributed by atoms with Crippen LogP contribution in [0.3, 0.4) is 0 Å². The monoisotopic (exact) mass is 660 g/mol. The zero-order valence-electron chi connectivity index (χ0n) is 26.9. The number of imidazole rings is 1. The topological polar surface area (TPSA) is 86.0 Å². The first kappa shape index (κ1) is 35.2. The van der Waals surface area contributed by atoms with Gasteiger partial charge in [-0.25, -0.2) is 4.98 Å². The number of nitrogens with zero attached hydrogens (tertiary/aromatic N) is 4. The third-order valence-corrected chi connectivity index (χ3v) is 8.30. The number of hydrogen-bond donors (Lipinski definition) is 2. The number of halogens is 3. The van der Waals surface area contributed by atoms with E-state index >= 15 is 0 Å². The van der Waals surface area contributed by atoms with Crippen molar-refractivity contribution in [1.29, 1.82) is 5.26 Å². The van der Waals surface area contributed by atoms with Crippen LogP contribution >= 0.6 is 12.2 Å². The first-order valence-corrected chi connectivity index (χ1v) is 15.8. The number of carbonyl (C=O) groups is 1. The van der Waals surface area contributed by atoms with Gasteiger partial charge in [0.05, 0.1) is 29.9 Å². The summed E-state index contributed by atoms with van der Waals surface area (Å²) in [6, 6.07) is 22.1. The molecule has 1 heterocycles. The second-order valence-electron chi connectivity index (χ2n) is 12.2. The highest BCUT2D eigenvalue weighted by molar-refractivity contribution is 7.80. The molecule has 1 amide bonds. The zero-order chi connectivity index (χ0) is 34.1. The number of carbonyl (C=O) groups excluding carboxylic acids is 1. The molecule has 0 radical (unpaired) electrons. The highest BCUT2D eigenvalue weighted by atomic mass is 32.1. The molecule has 7 nitrogen and oxygen atoms in total. The van der Waals surface area contributed by atoms with Crippen LogP contribution in [-0.2, 0) is 30.5 Å². The van der Waals surface area contributed by atoms with Crippen molar-refractivity contribution in [2.24, 2.45) is 5.92 Å². The minimum absolute atomic E-state index is 0.0568. The van der Waals surface area contributed by atoms with Crippen molar-refractivity contribution in [2.45, 2.75) is 65.3 Å². The summed E-state index contributed by atoms with van der Waals surface area (Å²) in [6.07, 6.45) is -1.19. The normalized spacial score (nSPS) is 12.1. The molecule has 4 aromatic rings. The number of alkyl halides is 3. The van der Waals surface area contributed by atoms with E-state index in [1.165, 1.54) is 12.1 Å². The summed E-state index contributed by atoms with van der Waals surface area (Å²) in [7, 11) is 0. The highest BCUT2D eigenvalue weighted by Crippen LogP contribution is 2.32. The molecule has 47 heavy (non-hydrogen) atoms. The SMILES string of the molecule is CC(C)c1ccc(NC(=S)N(Cc2ccccc2C(F)(F)F)C[C@@H](NC(=O)Cc2cncn2Cc2ccc(C#N)cc2)C(C)C)cc1. The molecule has 0 fully saturated rings. The molecule has 0 saturated heterocycles. The maximum atomic E-state index is 14.0. The second kappa shape index (κ2) is 15.7. The third-order valence-electron chi connectivity index (χ3n) is 7.94. The number of aromatic nitrogens is 2. The Balaban J connectivity index is 1.52. The van der Waals surface area contributed by atoms with Gasteiger partial charge in [-0.2, -0.15) is 18.4 Å². The van der Waals surface area contributed by atoms with Crippen molar-refractivity contribution in [2.75, 3.05) is 11.9 Å². The molecule has 0 bridgehead atoms. The van der Waals surface area contributed by atoms with Crippen LogP contribution in [0.2, 0.25) is 0 Å². The zero-order valence-corrected chi connectivity index (χ0v) is 27.7. The summed E-state index contributed by atoms with van der Waals surface area (Å²) in [6.45, 7) is 8.63. The maximum absolute atomic E-state index is 14.0. The van der Waals surface area contributed by atoms with E-state index in [0.29, 0.717) is 29.4 Å². The molecule has 1 atom stereocenters. The van der Waals surface area contributed by atoms with E-state index in [1.54, 1.807) is 35.6 Å². The second-order valence-corrected chi connectivity index (χ2v) is 12.5. The Labute approximate surface area is 279 Å². The summed E-state index contributed by atoms with van der Waals surface area (Å²) < 4.78 is 43.7. The molecule has 0 unspecified atom stereocenters. The van der Waals surface area contributed by atoms with Crippen LogP contribution < -0.4 is 10.6 Å². The van der Waals surface area contributed by atoms with Gasteiger partial charge in [0.25, 0.3) is 0 Å². The molecule has 246 valence electrons. The molecular weight excluding hydrogens is 621 g/mol. The lowest BCUT2D eigenvalue weighted by molar-refractivity contribution is -0.138. The van der Waals surface area contributed by atoms with Crippen LogP contribution in [-0.4, -0.2) is 38.1 Å². The lowest BCUT2D eigenvalue weighted by Crippen LogP contribution is -2.49. The van der Waals surface area contributed by atoms with Crippen molar-refractivity contribution >= 4 is 28.9 Å². The summed E-state index contributed by atoms with van der Waals surface area (Å²) in [5.41, 5.74) is 3.45. The Morgan fingerprint density at radius 2 is 1.70 bits per heavy atom. The molecule has 11 heteroatoms. The Morgan fingerprint density at radius 1 is 1.02 bits per heavy atom. The van der Waals surface area contributed by atoms with Crippen molar-refractivity contribution in [3.8, 4) is 6.07 Å². The van der Waals surface area contributed by atoms with Crippen LogP contribution in [0.4, 0.5) is 18.9 Å². The van der Waals surface area contributed by atoms with Crippen LogP contribution in [0.5, 0.6) is 0 Å². The minimum Gasteiger partial charge on any atom is -0.351 e. The van der Waals surface area contributed by atoms with E-state index in [9.17, 15) is 18.0 Å². The largest absolute Gasteiger partial charge is 0.416 e. The fourth-order valence-corrected chi connectivity index (χ4v) is 5.37. The van der Waals surface area contributed by atoms with Gasteiger partial charge in [-0.1, -0.05) is 70.2 Å². The molecule has 0 spiro atoms. The Hall–Kier alpha value is -4.69. The van der Waals surface area contributed by atoms with E-state index in [4.69, 9.17) is 17.5 Å². The number of nitrogens with one attached hydrogen (secondary N) is 2. The molecular formula is C36H39F3N6OS. The van der Waals surface area contributed by atoms with Gasteiger partial charge in [0.15, 0.2) is 5.11 Å². The summed E-state index contributed by atoms with van der Waals surface area (Å²) >= 11 is 5.78. The average molecular weight is 661 g/mol. The van der Waals surface area contributed by atoms with Crippen molar-refractivity contribution in [3.05, 3.63) is 119 Å². The molecule has 0 aliphatic carbocycles. The van der Waals surface area contributed by atoms with Crippen molar-refractivity contribution < 1.29 is 18.0 Å². The number of amides is 1. The first-order chi connectivity index (χ1) is 22.3. The maximum Gasteiger partial charge on any atom is 0.416 e. The molecule has 1 aromatic heterocycles. The van der Waals surface area contributed by atoms with E-state index in [0.717, 1.165) is 17.2 Å². The standard InChI is InChI=1S/C36H39F3N6OS/c1-24(2)28-13-15-30(16-14-28)42-35(47)44(21-29-7-5-6-8-32(29)36(37,38)39)22-33(25(3)4)43-34(46)17-31-19-41-23-45(31)20-27-11-9-26(18-40)10-12-27/h5-16,19,23-25,33H,17,20-22H2,1-4H3,(H,42,47)(H,43,46)/t33-/m1/s1. The van der Waals surface area contributed by atoms with Crippen molar-refractivity contribution in [3.63, 3.8) is 0 Å². The Kier molecular flexibility index (Phi) is 11.8. The van der Waals surface area contributed by atoms with Crippen LogP contribution in [0.25, 0.3) is 0 Å². The fourth-order valence-electron chi connectivity index (χ4n) is 5.12. The smallest absolute Gasteiger partial charge is 0.351 e. The van der Waals surface area contributed by atoms with Gasteiger partial charge in [-0.3, -0.25) is 4.79 Å². The van der Waals surface area contributed by atoms with Crippen LogP contribution in [0.1, 0.15) is 67.1 Å². The van der Waals surface area contributed by atoms with Gasteiger partial charge < -0.3 is 20.1 Å².